The molecule has 0 atom stereocenters. The minimum Gasteiger partial charge on any atom is -0.486 e. The molecule has 0 bridgehead atoms. The van der Waals surface area contributed by atoms with Crippen molar-refractivity contribution in [3.05, 3.63) is 32.3 Å². The number of nitrogens with zero attached hydrogens (tertiary/aromatic N) is 1. The molecule has 0 spiro atoms. The van der Waals surface area contributed by atoms with Crippen LogP contribution in [0.15, 0.2) is 12.1 Å². The van der Waals surface area contributed by atoms with Crippen LogP contribution in [-0.2, 0) is 10.0 Å². The maximum absolute atomic E-state index is 11.1. The summed E-state index contributed by atoms with van der Waals surface area (Å²) in [6.45, 7) is 3.13. The highest BCUT2D eigenvalue weighted by Gasteiger charge is 2.27. The van der Waals surface area contributed by atoms with Gasteiger partial charge in [0.25, 0.3) is 0 Å². The highest BCUT2D eigenvalue weighted by atomic mass is 35.5. The highest BCUT2D eigenvalue weighted by molar-refractivity contribution is 7.89. The van der Waals surface area contributed by atoms with Crippen molar-refractivity contribution in [3.63, 3.8) is 0 Å². The monoisotopic (exact) mass is 356 g/mol. The van der Waals surface area contributed by atoms with E-state index >= 15 is 0 Å². The van der Waals surface area contributed by atoms with Crippen LogP contribution in [0.25, 0.3) is 0 Å². The zero-order valence-electron chi connectivity index (χ0n) is 11.3. The molecule has 7 nitrogen and oxygen atoms in total. The van der Waals surface area contributed by atoms with E-state index in [1.807, 2.05) is 0 Å². The maximum Gasteiger partial charge on any atom is 0.312 e. The molecule has 0 amide bonds. The zero-order valence-corrected chi connectivity index (χ0v) is 13.6. The van der Waals surface area contributed by atoms with Crippen LogP contribution in [0.3, 0.4) is 0 Å². The predicted octanol–water partition coefficient (Wildman–Crippen LogP) is 2.60. The minimum atomic E-state index is -3.69. The van der Waals surface area contributed by atoms with Crippen molar-refractivity contribution in [2.45, 2.75) is 13.8 Å². The lowest BCUT2D eigenvalue weighted by Gasteiger charge is -2.23. The van der Waals surface area contributed by atoms with E-state index in [9.17, 15) is 18.5 Å². The smallest absolute Gasteiger partial charge is 0.312 e. The van der Waals surface area contributed by atoms with E-state index < -0.39 is 20.4 Å². The number of ether oxygens (including phenoxy) is 1. The van der Waals surface area contributed by atoms with Crippen LogP contribution in [0.1, 0.15) is 13.8 Å². The molecule has 0 aliphatic heterocycles. The van der Waals surface area contributed by atoms with E-state index in [0.29, 0.717) is 0 Å². The maximum atomic E-state index is 11.1. The summed E-state index contributed by atoms with van der Waals surface area (Å²) in [5, 5.41) is 16.1. The molecule has 1 rings (SSSR count). The molecular weight excluding hydrogens is 343 g/mol. The van der Waals surface area contributed by atoms with E-state index in [0.717, 1.165) is 6.07 Å². The third-order valence-corrected chi connectivity index (χ3v) is 4.31. The lowest BCUT2D eigenvalue weighted by atomic mass is 9.98. The molecule has 118 valence electrons. The number of nitro benzene ring substituents is 1. The van der Waals surface area contributed by atoms with E-state index in [1.54, 1.807) is 13.8 Å². The fourth-order valence-electron chi connectivity index (χ4n) is 1.64. The largest absolute Gasteiger partial charge is 0.486 e. The van der Waals surface area contributed by atoms with Crippen molar-refractivity contribution in [1.29, 1.82) is 0 Å². The first kappa shape index (κ1) is 18.0. The summed E-state index contributed by atoms with van der Waals surface area (Å²) < 4.78 is 27.6. The van der Waals surface area contributed by atoms with Gasteiger partial charge >= 0.3 is 5.69 Å². The van der Waals surface area contributed by atoms with Crippen LogP contribution in [0, 0.1) is 15.5 Å². The van der Waals surface area contributed by atoms with E-state index in [1.165, 1.54) is 6.07 Å². The number of halogens is 2. The first-order valence-corrected chi connectivity index (χ1v) is 8.15. The second kappa shape index (κ2) is 6.35. The Balaban J connectivity index is 2.98. The minimum absolute atomic E-state index is 0.0273. The summed E-state index contributed by atoms with van der Waals surface area (Å²) in [6.07, 6.45) is 0. The van der Waals surface area contributed by atoms with E-state index in [2.05, 4.69) is 0 Å². The second-order valence-electron chi connectivity index (χ2n) is 5.25. The molecule has 0 aliphatic carbocycles. The molecule has 0 aromatic heterocycles. The SMILES string of the molecule is CC(C)(COc1cc(Cl)c(Cl)cc1[N+](=O)[O-])CS(N)(=O)=O. The Morgan fingerprint density at radius 1 is 1.33 bits per heavy atom. The summed E-state index contributed by atoms with van der Waals surface area (Å²) in [5.41, 5.74) is -1.18. The van der Waals surface area contributed by atoms with Gasteiger partial charge in [-0.1, -0.05) is 37.0 Å². The normalized spacial score (nSPS) is 12.2. The standard InChI is InChI=1S/C11H14Cl2N2O5S/c1-11(2,6-21(14,18)19)5-20-10-4-8(13)7(12)3-9(10)15(16)17/h3-4H,5-6H2,1-2H3,(H2,14,18,19). The Morgan fingerprint density at radius 3 is 2.33 bits per heavy atom. The molecule has 0 unspecified atom stereocenters. The summed E-state index contributed by atoms with van der Waals surface area (Å²) >= 11 is 11.5. The van der Waals surface area contributed by atoms with Crippen LogP contribution in [0.4, 0.5) is 5.69 Å². The summed E-state index contributed by atoms with van der Waals surface area (Å²) in [5.74, 6) is -0.410. The van der Waals surface area contributed by atoms with Gasteiger partial charge in [-0.3, -0.25) is 10.1 Å². The lowest BCUT2D eigenvalue weighted by Crippen LogP contribution is -2.33. The molecule has 0 saturated carbocycles. The Morgan fingerprint density at radius 2 is 1.86 bits per heavy atom. The molecular formula is C11H14Cl2N2O5S. The number of benzene rings is 1. The Kier molecular flexibility index (Phi) is 5.43. The van der Waals surface area contributed by atoms with Crippen molar-refractivity contribution in [3.8, 4) is 5.75 Å². The fourth-order valence-corrected chi connectivity index (χ4v) is 3.12. The molecule has 0 fully saturated rings. The number of primary sulfonamides is 1. The molecule has 21 heavy (non-hydrogen) atoms. The van der Waals surface area contributed by atoms with Crippen LogP contribution >= 0.6 is 23.2 Å². The van der Waals surface area contributed by atoms with Crippen molar-refractivity contribution >= 4 is 38.9 Å². The first-order valence-electron chi connectivity index (χ1n) is 5.68. The van der Waals surface area contributed by atoms with Gasteiger partial charge in [0.1, 0.15) is 0 Å². The molecule has 1 aromatic carbocycles. The Hall–Kier alpha value is -1.09. The van der Waals surface area contributed by atoms with E-state index in [4.69, 9.17) is 33.1 Å². The molecule has 2 N–H and O–H groups in total. The van der Waals surface area contributed by atoms with Crippen LogP contribution in [0.5, 0.6) is 5.75 Å². The third-order valence-electron chi connectivity index (χ3n) is 2.41. The zero-order chi connectivity index (χ0) is 16.4. The number of nitrogens with two attached hydrogens (primary N) is 1. The Bertz CT molecular complexity index is 661. The van der Waals surface area contributed by atoms with Gasteiger partial charge in [0, 0.05) is 17.5 Å². The first-order chi connectivity index (χ1) is 9.41. The average molecular weight is 357 g/mol. The van der Waals surface area contributed by atoms with Crippen molar-refractivity contribution in [2.75, 3.05) is 12.4 Å². The van der Waals surface area contributed by atoms with Crippen LogP contribution in [-0.4, -0.2) is 25.7 Å². The molecule has 1 aromatic rings. The van der Waals surface area contributed by atoms with Gasteiger partial charge in [-0.2, -0.15) is 0 Å². The topological polar surface area (TPSA) is 113 Å². The molecule has 0 heterocycles. The average Bonchev–Trinajstić information content (AvgIpc) is 2.26. The molecule has 0 aliphatic rings. The quantitative estimate of drug-likeness (QED) is 0.621. The van der Waals surface area contributed by atoms with Gasteiger partial charge in [-0.05, 0) is 0 Å². The number of rotatable bonds is 6. The van der Waals surface area contributed by atoms with Gasteiger partial charge in [0.15, 0.2) is 5.75 Å². The Labute approximate surface area is 132 Å². The summed E-state index contributed by atoms with van der Waals surface area (Å²) in [7, 11) is -3.69. The van der Waals surface area contributed by atoms with Gasteiger partial charge in [-0.15, -0.1) is 0 Å². The predicted molar refractivity (Wildman–Crippen MR) is 80.4 cm³/mol. The lowest BCUT2D eigenvalue weighted by molar-refractivity contribution is -0.385. The van der Waals surface area contributed by atoms with Gasteiger partial charge in [0.05, 0.1) is 27.3 Å². The third kappa shape index (κ3) is 5.66. The fraction of sp³-hybridized carbons (Fsp3) is 0.455. The van der Waals surface area contributed by atoms with Crippen molar-refractivity contribution < 1.29 is 18.1 Å². The highest BCUT2D eigenvalue weighted by Crippen LogP contribution is 2.36. The molecule has 10 heteroatoms. The van der Waals surface area contributed by atoms with Gasteiger partial charge in [-0.25, -0.2) is 13.6 Å². The number of nitro groups is 1. The van der Waals surface area contributed by atoms with Crippen molar-refractivity contribution in [1.82, 2.24) is 0 Å². The molecule has 0 radical (unpaired) electrons. The number of hydrogen-bond acceptors (Lipinski definition) is 5. The van der Waals surface area contributed by atoms with Crippen LogP contribution in [0.2, 0.25) is 10.0 Å². The van der Waals surface area contributed by atoms with Gasteiger partial charge in [0.2, 0.25) is 10.0 Å². The summed E-state index contributed by atoms with van der Waals surface area (Å²) in [4.78, 5) is 10.3. The number of hydrogen-bond donors (Lipinski definition) is 1. The molecule has 0 saturated heterocycles. The van der Waals surface area contributed by atoms with Crippen molar-refractivity contribution in [2.24, 2.45) is 10.6 Å². The van der Waals surface area contributed by atoms with E-state index in [-0.39, 0.29) is 33.8 Å². The van der Waals surface area contributed by atoms with Crippen LogP contribution < -0.4 is 9.88 Å². The van der Waals surface area contributed by atoms with Gasteiger partial charge < -0.3 is 4.74 Å². The number of sulfonamides is 1. The summed E-state index contributed by atoms with van der Waals surface area (Å²) in [6, 6.07) is 2.29. The second-order valence-corrected chi connectivity index (χ2v) is 7.68.